The van der Waals surface area contributed by atoms with Crippen LogP contribution in [0.15, 0.2) is 39.6 Å². The quantitative estimate of drug-likeness (QED) is 0.359. The van der Waals surface area contributed by atoms with Gasteiger partial charge in [0.15, 0.2) is 5.75 Å². The minimum Gasteiger partial charge on any atom is -0.479 e. The van der Waals surface area contributed by atoms with E-state index in [0.717, 1.165) is 0 Å². The maximum absolute atomic E-state index is 12.2. The van der Waals surface area contributed by atoms with Crippen LogP contribution in [0, 0.1) is 0 Å². The van der Waals surface area contributed by atoms with Gasteiger partial charge in [0.05, 0.1) is 5.39 Å². The summed E-state index contributed by atoms with van der Waals surface area (Å²) in [7, 11) is 0. The Morgan fingerprint density at radius 1 is 1.08 bits per heavy atom. The molecular weight excluding hydrogens is 316 g/mol. The van der Waals surface area contributed by atoms with Crippen molar-refractivity contribution in [3.8, 4) is 17.2 Å². The highest BCUT2D eigenvalue weighted by atomic mass is 16.6. The molecule has 2 aromatic rings. The summed E-state index contributed by atoms with van der Waals surface area (Å²) in [4.78, 5) is 34.6. The summed E-state index contributed by atoms with van der Waals surface area (Å²) >= 11 is 0. The molecule has 0 fully saturated rings. The number of hydrogen-bond donors (Lipinski definition) is 0. The predicted molar refractivity (Wildman–Crippen MR) is 85.4 cm³/mol. The van der Waals surface area contributed by atoms with Crippen LogP contribution in [0.1, 0.15) is 20.8 Å². The van der Waals surface area contributed by atoms with E-state index in [-0.39, 0.29) is 29.4 Å². The molecule has 0 aliphatic carbocycles. The molecule has 7 nitrogen and oxygen atoms in total. The van der Waals surface area contributed by atoms with E-state index < -0.39 is 17.6 Å². The van der Waals surface area contributed by atoms with Crippen LogP contribution in [0.3, 0.4) is 0 Å². The fourth-order valence-corrected chi connectivity index (χ4v) is 1.93. The number of carbonyl (C=O) groups is 2. The zero-order chi connectivity index (χ0) is 17.9. The number of ether oxygens (including phenoxy) is 3. The summed E-state index contributed by atoms with van der Waals surface area (Å²) < 4.78 is 20.6. The molecule has 0 amide bonds. The van der Waals surface area contributed by atoms with Gasteiger partial charge in [-0.3, -0.25) is 9.59 Å². The molecule has 0 saturated carbocycles. The molecule has 126 valence electrons. The largest absolute Gasteiger partial charge is 0.479 e. The lowest BCUT2D eigenvalue weighted by atomic mass is 10.2. The van der Waals surface area contributed by atoms with Crippen molar-refractivity contribution in [2.75, 3.05) is 6.61 Å². The third-order valence-corrected chi connectivity index (χ3v) is 2.76. The first kappa shape index (κ1) is 17.3. The van der Waals surface area contributed by atoms with Crippen molar-refractivity contribution in [3.63, 3.8) is 0 Å². The summed E-state index contributed by atoms with van der Waals surface area (Å²) in [6.07, 6.45) is 0. The van der Waals surface area contributed by atoms with Gasteiger partial charge in [-0.1, -0.05) is 6.58 Å². The van der Waals surface area contributed by atoms with Crippen LogP contribution in [-0.2, 0) is 9.59 Å². The molecule has 0 bridgehead atoms. The molecule has 0 radical (unpaired) electrons. The molecule has 0 unspecified atom stereocenters. The van der Waals surface area contributed by atoms with Gasteiger partial charge in [-0.2, -0.15) is 0 Å². The number of esters is 2. The average Bonchev–Trinajstić information content (AvgIpc) is 2.44. The van der Waals surface area contributed by atoms with Crippen LogP contribution in [-0.4, -0.2) is 18.5 Å². The van der Waals surface area contributed by atoms with E-state index in [9.17, 15) is 14.4 Å². The van der Waals surface area contributed by atoms with Crippen LogP contribution >= 0.6 is 0 Å². The molecule has 0 saturated heterocycles. The summed E-state index contributed by atoms with van der Waals surface area (Å²) in [6.45, 7) is 7.92. The van der Waals surface area contributed by atoms with Crippen molar-refractivity contribution in [2.24, 2.45) is 0 Å². The molecule has 2 rings (SSSR count). The zero-order valence-electron chi connectivity index (χ0n) is 13.5. The van der Waals surface area contributed by atoms with Crippen LogP contribution in [0.2, 0.25) is 0 Å². The fourth-order valence-electron chi connectivity index (χ4n) is 1.93. The Balaban J connectivity index is 2.62. The minimum atomic E-state index is -0.819. The lowest BCUT2D eigenvalue weighted by Gasteiger charge is -2.12. The van der Waals surface area contributed by atoms with Crippen molar-refractivity contribution in [3.05, 3.63) is 40.8 Å². The Morgan fingerprint density at radius 2 is 1.75 bits per heavy atom. The van der Waals surface area contributed by atoms with Gasteiger partial charge in [-0.15, -0.1) is 0 Å². The van der Waals surface area contributed by atoms with Gasteiger partial charge >= 0.3 is 17.6 Å². The average molecular weight is 332 g/mol. The molecule has 0 aliphatic rings. The van der Waals surface area contributed by atoms with Gasteiger partial charge in [0.1, 0.15) is 17.9 Å². The van der Waals surface area contributed by atoms with Gasteiger partial charge in [-0.25, -0.2) is 4.79 Å². The standard InChI is InChI=1S/C17H16O7/c1-9(2)8-21-16-15(23-11(4)19)13-6-5-12(22-10(3)18)7-14(13)24-17(16)20/h5-7H,1,8H2,2-4H3. The van der Waals surface area contributed by atoms with E-state index in [1.165, 1.54) is 32.0 Å². The van der Waals surface area contributed by atoms with Gasteiger partial charge in [0.25, 0.3) is 0 Å². The Labute approximate surface area is 137 Å². The highest BCUT2D eigenvalue weighted by Gasteiger charge is 2.20. The smallest absolute Gasteiger partial charge is 0.383 e. The normalized spacial score (nSPS) is 10.3. The summed E-state index contributed by atoms with van der Waals surface area (Å²) in [5.74, 6) is -1.21. The second kappa shape index (κ2) is 6.99. The fraction of sp³-hybridized carbons (Fsp3) is 0.235. The van der Waals surface area contributed by atoms with E-state index in [1.807, 2.05) is 0 Å². The van der Waals surface area contributed by atoms with E-state index >= 15 is 0 Å². The molecule has 7 heteroatoms. The molecule has 0 N–H and O–H groups in total. The Morgan fingerprint density at radius 3 is 2.33 bits per heavy atom. The maximum Gasteiger partial charge on any atom is 0.383 e. The number of hydrogen-bond acceptors (Lipinski definition) is 7. The van der Waals surface area contributed by atoms with E-state index in [2.05, 4.69) is 6.58 Å². The molecular formula is C17H16O7. The number of carbonyl (C=O) groups excluding carboxylic acids is 2. The second-order valence-electron chi connectivity index (χ2n) is 5.14. The second-order valence-corrected chi connectivity index (χ2v) is 5.14. The van der Waals surface area contributed by atoms with Crippen molar-refractivity contribution in [2.45, 2.75) is 20.8 Å². The van der Waals surface area contributed by atoms with E-state index in [1.54, 1.807) is 6.92 Å². The number of benzene rings is 1. The predicted octanol–water partition coefficient (Wildman–Crippen LogP) is 2.60. The molecule has 1 aromatic carbocycles. The molecule has 24 heavy (non-hydrogen) atoms. The Kier molecular flexibility index (Phi) is 5.03. The number of fused-ring (bicyclic) bond motifs is 1. The monoisotopic (exact) mass is 332 g/mol. The number of rotatable bonds is 5. The first-order valence-corrected chi connectivity index (χ1v) is 7.03. The van der Waals surface area contributed by atoms with Crippen molar-refractivity contribution < 1.29 is 28.2 Å². The van der Waals surface area contributed by atoms with E-state index in [0.29, 0.717) is 11.0 Å². The zero-order valence-corrected chi connectivity index (χ0v) is 13.5. The molecule has 0 aliphatic heterocycles. The topological polar surface area (TPSA) is 92.0 Å². The SMILES string of the molecule is C=C(C)COc1c(OC(C)=O)c2ccc(OC(C)=O)cc2oc1=O. The molecule has 0 spiro atoms. The van der Waals surface area contributed by atoms with Crippen LogP contribution in [0.5, 0.6) is 17.2 Å². The van der Waals surface area contributed by atoms with Crippen LogP contribution < -0.4 is 19.8 Å². The summed E-state index contributed by atoms with van der Waals surface area (Å²) in [5, 5.41) is 0.331. The Bertz CT molecular complexity index is 876. The highest BCUT2D eigenvalue weighted by molar-refractivity contribution is 5.89. The van der Waals surface area contributed by atoms with Crippen LogP contribution in [0.4, 0.5) is 0 Å². The maximum atomic E-state index is 12.2. The first-order chi connectivity index (χ1) is 11.3. The van der Waals surface area contributed by atoms with Crippen molar-refractivity contribution in [1.82, 2.24) is 0 Å². The third-order valence-electron chi connectivity index (χ3n) is 2.76. The minimum absolute atomic E-state index is 0.0515. The lowest BCUT2D eigenvalue weighted by Crippen LogP contribution is -2.13. The summed E-state index contributed by atoms with van der Waals surface area (Å²) in [6, 6.07) is 4.34. The van der Waals surface area contributed by atoms with Crippen LogP contribution in [0.25, 0.3) is 11.0 Å². The third kappa shape index (κ3) is 4.01. The van der Waals surface area contributed by atoms with Crippen molar-refractivity contribution >= 4 is 22.9 Å². The van der Waals surface area contributed by atoms with Gasteiger partial charge < -0.3 is 18.6 Å². The van der Waals surface area contributed by atoms with Gasteiger partial charge in [-0.05, 0) is 24.6 Å². The molecule has 1 aromatic heterocycles. The lowest BCUT2D eigenvalue weighted by molar-refractivity contribution is -0.132. The van der Waals surface area contributed by atoms with Gasteiger partial charge in [0, 0.05) is 19.9 Å². The Hall–Kier alpha value is -3.09. The highest BCUT2D eigenvalue weighted by Crippen LogP contribution is 2.34. The van der Waals surface area contributed by atoms with Crippen molar-refractivity contribution in [1.29, 1.82) is 0 Å². The van der Waals surface area contributed by atoms with Gasteiger partial charge in [0.2, 0.25) is 5.75 Å². The summed E-state index contributed by atoms with van der Waals surface area (Å²) in [5.41, 5.74) is -0.0499. The van der Waals surface area contributed by atoms with E-state index in [4.69, 9.17) is 18.6 Å². The molecule has 1 heterocycles. The molecule has 0 atom stereocenters. The first-order valence-electron chi connectivity index (χ1n) is 7.03.